The zero-order chi connectivity index (χ0) is 16.0. The lowest BCUT2D eigenvalue weighted by Crippen LogP contribution is -2.87. The molecule has 0 fully saturated rings. The van der Waals surface area contributed by atoms with Crippen LogP contribution in [0.1, 0.15) is 25.5 Å². The zero-order valence-electron chi connectivity index (χ0n) is 11.7. The van der Waals surface area contributed by atoms with E-state index in [2.05, 4.69) is 10.6 Å². The molecule has 3 amide bonds. The third-order valence-electron chi connectivity index (χ3n) is 2.78. The van der Waals surface area contributed by atoms with E-state index in [9.17, 15) is 14.0 Å². The Labute approximate surface area is 132 Å². The Bertz CT molecular complexity index is 540. The van der Waals surface area contributed by atoms with E-state index in [1.54, 1.807) is 19.2 Å². The number of halogens is 3. The van der Waals surface area contributed by atoms with Crippen LogP contribution in [0.15, 0.2) is 12.1 Å². The van der Waals surface area contributed by atoms with Gasteiger partial charge in [-0.1, -0.05) is 23.2 Å². The maximum absolute atomic E-state index is 13.4. The van der Waals surface area contributed by atoms with Crippen LogP contribution < -0.4 is 16.0 Å². The molecule has 0 saturated carbocycles. The van der Waals surface area contributed by atoms with Crippen molar-refractivity contribution in [2.75, 3.05) is 13.1 Å². The van der Waals surface area contributed by atoms with Crippen LogP contribution in [0.3, 0.4) is 0 Å². The van der Waals surface area contributed by atoms with E-state index in [-0.39, 0.29) is 17.6 Å². The first kappa shape index (κ1) is 17.7. The van der Waals surface area contributed by atoms with Crippen molar-refractivity contribution in [3.05, 3.63) is 33.6 Å². The van der Waals surface area contributed by atoms with Crippen LogP contribution in [-0.2, 0) is 4.79 Å². The number of rotatable bonds is 5. The number of hydrogen-bond donors (Lipinski definition) is 3. The monoisotopic (exact) mass is 336 g/mol. The van der Waals surface area contributed by atoms with Gasteiger partial charge in [0.05, 0.1) is 10.0 Å². The molecule has 5 nitrogen and oxygen atoms in total. The Hall–Kier alpha value is -1.37. The van der Waals surface area contributed by atoms with Crippen molar-refractivity contribution in [3.8, 4) is 0 Å². The summed E-state index contributed by atoms with van der Waals surface area (Å²) in [6.45, 7) is 3.96. The minimum absolute atomic E-state index is 0.0128. The number of carbonyl (C=O) groups is 2. The summed E-state index contributed by atoms with van der Waals surface area (Å²) in [7, 11) is 0. The molecular formula is C13H17Cl2FN3O2+. The normalized spacial score (nSPS) is 11.9. The SMILES string of the molecule is CCNC(=O)NC(=O)C[NH2+][C@H](C)c1cc(F)c(Cl)cc1Cl. The summed E-state index contributed by atoms with van der Waals surface area (Å²) in [5, 5.41) is 6.54. The maximum Gasteiger partial charge on any atom is 0.321 e. The fourth-order valence-electron chi connectivity index (χ4n) is 1.68. The van der Waals surface area contributed by atoms with Gasteiger partial charge in [-0.25, -0.2) is 9.18 Å². The smallest absolute Gasteiger partial charge is 0.321 e. The van der Waals surface area contributed by atoms with Crippen molar-refractivity contribution in [1.29, 1.82) is 0 Å². The fourth-order valence-corrected chi connectivity index (χ4v) is 2.24. The van der Waals surface area contributed by atoms with Crippen molar-refractivity contribution < 1.29 is 19.3 Å². The lowest BCUT2D eigenvalue weighted by molar-refractivity contribution is -0.682. The van der Waals surface area contributed by atoms with E-state index in [4.69, 9.17) is 23.2 Å². The molecule has 8 heteroatoms. The zero-order valence-corrected chi connectivity index (χ0v) is 13.2. The first-order valence-corrected chi connectivity index (χ1v) is 7.16. The number of quaternary nitrogens is 1. The van der Waals surface area contributed by atoms with Crippen LogP contribution in [0.25, 0.3) is 0 Å². The minimum Gasteiger partial charge on any atom is -0.338 e. The van der Waals surface area contributed by atoms with E-state index >= 15 is 0 Å². The molecule has 21 heavy (non-hydrogen) atoms. The van der Waals surface area contributed by atoms with Gasteiger partial charge in [0, 0.05) is 12.1 Å². The molecule has 4 N–H and O–H groups in total. The van der Waals surface area contributed by atoms with Crippen molar-refractivity contribution in [3.63, 3.8) is 0 Å². The Morgan fingerprint density at radius 1 is 1.33 bits per heavy atom. The van der Waals surface area contributed by atoms with Gasteiger partial charge >= 0.3 is 6.03 Å². The van der Waals surface area contributed by atoms with Crippen LogP contribution in [-0.4, -0.2) is 25.0 Å². The summed E-state index contributed by atoms with van der Waals surface area (Å²) < 4.78 is 13.4. The summed E-state index contributed by atoms with van der Waals surface area (Å²) in [4.78, 5) is 22.7. The first-order chi connectivity index (χ1) is 9.85. The molecule has 0 radical (unpaired) electrons. The molecule has 1 atom stereocenters. The molecule has 0 unspecified atom stereocenters. The molecular weight excluding hydrogens is 320 g/mol. The van der Waals surface area contributed by atoms with Crippen LogP contribution in [0.4, 0.5) is 9.18 Å². The van der Waals surface area contributed by atoms with Gasteiger partial charge in [0.2, 0.25) is 0 Å². The molecule has 0 bridgehead atoms. The minimum atomic E-state index is -0.567. The van der Waals surface area contributed by atoms with Gasteiger partial charge in [-0.15, -0.1) is 0 Å². The number of nitrogens with one attached hydrogen (secondary N) is 2. The molecule has 0 aliphatic heterocycles. The average Bonchev–Trinajstić information content (AvgIpc) is 2.40. The van der Waals surface area contributed by atoms with E-state index in [1.807, 2.05) is 0 Å². The first-order valence-electron chi connectivity index (χ1n) is 6.40. The van der Waals surface area contributed by atoms with E-state index < -0.39 is 17.8 Å². The third kappa shape index (κ3) is 5.49. The molecule has 0 aliphatic carbocycles. The molecule has 0 aromatic heterocycles. The second-order valence-electron chi connectivity index (χ2n) is 4.42. The highest BCUT2D eigenvalue weighted by Gasteiger charge is 2.17. The largest absolute Gasteiger partial charge is 0.338 e. The summed E-state index contributed by atoms with van der Waals surface area (Å²) >= 11 is 11.6. The van der Waals surface area contributed by atoms with E-state index in [0.717, 1.165) is 0 Å². The van der Waals surface area contributed by atoms with Crippen molar-refractivity contribution in [1.82, 2.24) is 10.6 Å². The number of benzene rings is 1. The second kappa shape index (κ2) is 8.17. The molecule has 1 rings (SSSR count). The van der Waals surface area contributed by atoms with Crippen molar-refractivity contribution in [2.45, 2.75) is 19.9 Å². The van der Waals surface area contributed by atoms with Crippen LogP contribution >= 0.6 is 23.2 Å². The van der Waals surface area contributed by atoms with Gasteiger partial charge < -0.3 is 10.6 Å². The number of nitrogens with two attached hydrogens (primary N) is 1. The summed E-state index contributed by atoms with van der Waals surface area (Å²) in [6.07, 6.45) is 0. The van der Waals surface area contributed by atoms with Gasteiger partial charge in [0.1, 0.15) is 11.9 Å². The lowest BCUT2D eigenvalue weighted by atomic mass is 10.1. The summed E-state index contributed by atoms with van der Waals surface area (Å²) in [5.74, 6) is -1.01. The topological polar surface area (TPSA) is 74.8 Å². The van der Waals surface area contributed by atoms with Crippen LogP contribution in [0.5, 0.6) is 0 Å². The Morgan fingerprint density at radius 2 is 2.00 bits per heavy atom. The Kier molecular flexibility index (Phi) is 6.87. The van der Waals surface area contributed by atoms with Crippen LogP contribution in [0.2, 0.25) is 10.0 Å². The van der Waals surface area contributed by atoms with Crippen molar-refractivity contribution in [2.24, 2.45) is 0 Å². The number of urea groups is 1. The summed E-state index contributed by atoms with van der Waals surface area (Å²) in [5.41, 5.74) is 0.532. The van der Waals surface area contributed by atoms with Gasteiger partial charge in [-0.3, -0.25) is 10.1 Å². The summed E-state index contributed by atoms with van der Waals surface area (Å²) in [6, 6.07) is 1.77. The Morgan fingerprint density at radius 3 is 2.62 bits per heavy atom. The molecule has 0 aliphatic rings. The van der Waals surface area contributed by atoms with Gasteiger partial charge in [0.15, 0.2) is 6.54 Å². The lowest BCUT2D eigenvalue weighted by Gasteiger charge is -2.13. The highest BCUT2D eigenvalue weighted by molar-refractivity contribution is 6.35. The fraction of sp³-hybridized carbons (Fsp3) is 0.385. The van der Waals surface area contributed by atoms with Gasteiger partial charge in [-0.2, -0.15) is 0 Å². The maximum atomic E-state index is 13.4. The standard InChI is InChI=1S/C13H16Cl2FN3O2/c1-3-17-13(21)19-12(20)6-18-7(2)8-4-11(16)10(15)5-9(8)14/h4-5,7,18H,3,6H2,1-2H3,(H2,17,19,20,21)/p+1/t7-/m1/s1. The highest BCUT2D eigenvalue weighted by Crippen LogP contribution is 2.27. The quantitative estimate of drug-likeness (QED) is 0.714. The molecule has 0 spiro atoms. The average molecular weight is 337 g/mol. The predicted octanol–water partition coefficient (Wildman–Crippen LogP) is 1.60. The molecule has 0 heterocycles. The predicted molar refractivity (Wildman–Crippen MR) is 78.8 cm³/mol. The van der Waals surface area contributed by atoms with E-state index in [0.29, 0.717) is 17.1 Å². The number of imide groups is 1. The number of hydrogen-bond acceptors (Lipinski definition) is 2. The number of carbonyl (C=O) groups excluding carboxylic acids is 2. The molecule has 1 aromatic carbocycles. The molecule has 116 valence electrons. The van der Waals surface area contributed by atoms with Crippen LogP contribution in [0, 0.1) is 5.82 Å². The third-order valence-corrected chi connectivity index (χ3v) is 3.39. The molecule has 1 aromatic rings. The van der Waals surface area contributed by atoms with Crippen molar-refractivity contribution >= 4 is 35.1 Å². The molecule has 0 saturated heterocycles. The van der Waals surface area contributed by atoms with E-state index in [1.165, 1.54) is 12.1 Å². The number of amides is 3. The Balaban J connectivity index is 2.58. The van der Waals surface area contributed by atoms with Gasteiger partial charge in [0.25, 0.3) is 5.91 Å². The highest BCUT2D eigenvalue weighted by atomic mass is 35.5. The second-order valence-corrected chi connectivity index (χ2v) is 5.24. The van der Waals surface area contributed by atoms with Gasteiger partial charge in [-0.05, 0) is 26.0 Å².